The maximum atomic E-state index is 5.65. The Labute approximate surface area is 121 Å². The molecule has 1 unspecified atom stereocenters. The monoisotopic (exact) mass is 294 g/mol. The topological polar surface area (TPSA) is 98.8 Å². The molecule has 2 aromatic heterocycles. The summed E-state index contributed by atoms with van der Waals surface area (Å²) in [7, 11) is 0. The molecular formula is C12H18N6OS. The zero-order chi connectivity index (χ0) is 14.5. The summed E-state index contributed by atoms with van der Waals surface area (Å²) in [5, 5.41) is 6.13. The third-order valence-corrected chi connectivity index (χ3v) is 3.57. The van der Waals surface area contributed by atoms with E-state index in [9.17, 15) is 0 Å². The molecule has 0 spiro atoms. The van der Waals surface area contributed by atoms with Crippen molar-refractivity contribution in [3.8, 4) is 6.01 Å². The van der Waals surface area contributed by atoms with Gasteiger partial charge >= 0.3 is 6.01 Å². The minimum Gasteiger partial charge on any atom is -0.463 e. The van der Waals surface area contributed by atoms with Gasteiger partial charge in [-0.1, -0.05) is 6.92 Å². The first-order valence-corrected chi connectivity index (χ1v) is 7.29. The van der Waals surface area contributed by atoms with Gasteiger partial charge in [-0.3, -0.25) is 0 Å². The maximum absolute atomic E-state index is 5.65. The van der Waals surface area contributed by atoms with Gasteiger partial charge in [0.25, 0.3) is 0 Å². The Hall–Kier alpha value is -1.96. The van der Waals surface area contributed by atoms with Crippen molar-refractivity contribution in [1.82, 2.24) is 19.9 Å². The maximum Gasteiger partial charge on any atom is 0.323 e. The highest BCUT2D eigenvalue weighted by atomic mass is 32.1. The minimum absolute atomic E-state index is 0.00507. The molecule has 2 heterocycles. The van der Waals surface area contributed by atoms with Crippen molar-refractivity contribution in [3.63, 3.8) is 0 Å². The van der Waals surface area contributed by atoms with Gasteiger partial charge in [-0.2, -0.15) is 15.0 Å². The summed E-state index contributed by atoms with van der Waals surface area (Å²) in [5.74, 6) is 0.528. The van der Waals surface area contributed by atoms with Gasteiger partial charge < -0.3 is 15.8 Å². The lowest BCUT2D eigenvalue weighted by Crippen LogP contribution is -2.12. The van der Waals surface area contributed by atoms with E-state index in [-0.39, 0.29) is 18.0 Å². The van der Waals surface area contributed by atoms with E-state index in [0.717, 1.165) is 17.1 Å². The SMILES string of the molecule is CCCOc1nc(N)nc(NC(C)c2nc(C)cs2)n1. The molecule has 0 saturated carbocycles. The summed E-state index contributed by atoms with van der Waals surface area (Å²) in [4.78, 5) is 16.6. The van der Waals surface area contributed by atoms with Gasteiger partial charge in [-0.05, 0) is 20.3 Å². The van der Waals surface area contributed by atoms with E-state index in [4.69, 9.17) is 10.5 Å². The summed E-state index contributed by atoms with van der Waals surface area (Å²) >= 11 is 1.59. The number of rotatable bonds is 6. The predicted molar refractivity (Wildman–Crippen MR) is 78.9 cm³/mol. The van der Waals surface area contributed by atoms with E-state index in [1.54, 1.807) is 11.3 Å². The molecule has 108 valence electrons. The highest BCUT2D eigenvalue weighted by Gasteiger charge is 2.12. The molecule has 8 heteroatoms. The van der Waals surface area contributed by atoms with E-state index >= 15 is 0 Å². The Morgan fingerprint density at radius 2 is 2.15 bits per heavy atom. The number of aromatic nitrogens is 4. The molecule has 0 saturated heterocycles. The molecule has 0 aliphatic heterocycles. The number of nitrogens with two attached hydrogens (primary N) is 1. The van der Waals surface area contributed by atoms with Crippen molar-refractivity contribution in [1.29, 1.82) is 0 Å². The van der Waals surface area contributed by atoms with Crippen LogP contribution < -0.4 is 15.8 Å². The average Bonchev–Trinajstić information content (AvgIpc) is 2.82. The first-order valence-electron chi connectivity index (χ1n) is 6.41. The lowest BCUT2D eigenvalue weighted by atomic mass is 10.3. The molecule has 0 bridgehead atoms. The highest BCUT2D eigenvalue weighted by molar-refractivity contribution is 7.09. The lowest BCUT2D eigenvalue weighted by molar-refractivity contribution is 0.292. The minimum atomic E-state index is -0.00507. The Morgan fingerprint density at radius 1 is 1.35 bits per heavy atom. The number of nitrogen functional groups attached to an aromatic ring is 1. The van der Waals surface area contributed by atoms with Crippen molar-refractivity contribution < 1.29 is 4.74 Å². The Morgan fingerprint density at radius 3 is 2.80 bits per heavy atom. The first kappa shape index (κ1) is 14.4. The number of thiazole rings is 1. The van der Waals surface area contributed by atoms with Gasteiger partial charge in [0.2, 0.25) is 11.9 Å². The Kier molecular flexibility index (Phi) is 4.67. The number of nitrogens with zero attached hydrogens (tertiary/aromatic N) is 4. The fourth-order valence-corrected chi connectivity index (χ4v) is 2.32. The molecule has 3 N–H and O–H groups in total. The second-order valence-corrected chi connectivity index (χ2v) is 5.23. The first-order chi connectivity index (χ1) is 9.58. The molecule has 7 nitrogen and oxygen atoms in total. The summed E-state index contributed by atoms with van der Waals surface area (Å²) in [5.41, 5.74) is 6.66. The van der Waals surface area contributed by atoms with Gasteiger partial charge in [-0.25, -0.2) is 4.98 Å². The summed E-state index contributed by atoms with van der Waals surface area (Å²) in [6.45, 7) is 6.51. The van der Waals surface area contributed by atoms with Crippen LogP contribution in [0.15, 0.2) is 5.38 Å². The summed E-state index contributed by atoms with van der Waals surface area (Å²) in [6, 6.07) is 0.235. The zero-order valence-electron chi connectivity index (χ0n) is 11.8. The second-order valence-electron chi connectivity index (χ2n) is 4.34. The number of hydrogen-bond acceptors (Lipinski definition) is 8. The van der Waals surface area contributed by atoms with E-state index < -0.39 is 0 Å². The van der Waals surface area contributed by atoms with Crippen molar-refractivity contribution in [2.45, 2.75) is 33.2 Å². The molecule has 1 atom stereocenters. The summed E-state index contributed by atoms with van der Waals surface area (Å²) < 4.78 is 5.37. The van der Waals surface area contributed by atoms with Crippen LogP contribution in [0.5, 0.6) is 6.01 Å². The number of ether oxygens (including phenoxy) is 1. The molecule has 0 aliphatic rings. The lowest BCUT2D eigenvalue weighted by Gasteiger charge is -2.12. The highest BCUT2D eigenvalue weighted by Crippen LogP contribution is 2.21. The molecule has 2 rings (SSSR count). The molecule has 0 radical (unpaired) electrons. The molecule has 20 heavy (non-hydrogen) atoms. The van der Waals surface area contributed by atoms with Gasteiger partial charge in [0.15, 0.2) is 0 Å². The standard InChI is InChI=1S/C12H18N6OS/c1-4-5-19-12-17-10(13)16-11(18-12)15-8(3)9-14-7(2)6-20-9/h6,8H,4-5H2,1-3H3,(H3,13,15,16,17,18). The number of hydrogen-bond donors (Lipinski definition) is 2. The van der Waals surface area contributed by atoms with Gasteiger partial charge in [0.1, 0.15) is 5.01 Å². The Balaban J connectivity index is 2.10. The quantitative estimate of drug-likeness (QED) is 0.842. The van der Waals surface area contributed by atoms with Gasteiger partial charge in [0.05, 0.1) is 12.6 Å². The van der Waals surface area contributed by atoms with Crippen LogP contribution in [0.1, 0.15) is 37.0 Å². The number of anilines is 2. The van der Waals surface area contributed by atoms with Crippen molar-refractivity contribution in [2.24, 2.45) is 0 Å². The average molecular weight is 294 g/mol. The van der Waals surface area contributed by atoms with Crippen molar-refractivity contribution >= 4 is 23.2 Å². The van der Waals surface area contributed by atoms with E-state index in [1.165, 1.54) is 0 Å². The van der Waals surface area contributed by atoms with Crippen LogP contribution in [0.2, 0.25) is 0 Å². The van der Waals surface area contributed by atoms with Crippen LogP contribution in [0.25, 0.3) is 0 Å². The fraction of sp³-hybridized carbons (Fsp3) is 0.500. The number of nitrogens with one attached hydrogen (secondary N) is 1. The van der Waals surface area contributed by atoms with E-state index in [1.807, 2.05) is 26.2 Å². The zero-order valence-corrected chi connectivity index (χ0v) is 12.6. The van der Waals surface area contributed by atoms with Crippen molar-refractivity contribution in [3.05, 3.63) is 16.1 Å². The molecule has 0 aromatic carbocycles. The van der Waals surface area contributed by atoms with E-state index in [0.29, 0.717) is 12.6 Å². The fourth-order valence-electron chi connectivity index (χ4n) is 1.52. The summed E-state index contributed by atoms with van der Waals surface area (Å²) in [6.07, 6.45) is 0.878. The predicted octanol–water partition coefficient (Wildman–Crippen LogP) is 2.18. The third-order valence-electron chi connectivity index (χ3n) is 2.42. The van der Waals surface area contributed by atoms with E-state index in [2.05, 4.69) is 25.3 Å². The van der Waals surface area contributed by atoms with Gasteiger partial charge in [0, 0.05) is 11.1 Å². The van der Waals surface area contributed by atoms with Gasteiger partial charge in [-0.15, -0.1) is 11.3 Å². The Bertz CT molecular complexity index is 573. The molecular weight excluding hydrogens is 276 g/mol. The molecule has 0 fully saturated rings. The van der Waals surface area contributed by atoms with Crippen LogP contribution >= 0.6 is 11.3 Å². The van der Waals surface area contributed by atoms with Crippen LogP contribution in [0, 0.1) is 6.92 Å². The van der Waals surface area contributed by atoms with Crippen LogP contribution in [0.3, 0.4) is 0 Å². The van der Waals surface area contributed by atoms with Crippen LogP contribution in [0.4, 0.5) is 11.9 Å². The van der Waals surface area contributed by atoms with Crippen molar-refractivity contribution in [2.75, 3.05) is 17.7 Å². The smallest absolute Gasteiger partial charge is 0.323 e. The molecule has 0 amide bonds. The molecule has 2 aromatic rings. The second kappa shape index (κ2) is 6.47. The number of aryl methyl sites for hydroxylation is 1. The third kappa shape index (κ3) is 3.77. The van der Waals surface area contributed by atoms with Crippen LogP contribution in [-0.2, 0) is 0 Å². The van der Waals surface area contributed by atoms with Crippen LogP contribution in [-0.4, -0.2) is 26.5 Å². The normalized spacial score (nSPS) is 12.2. The largest absolute Gasteiger partial charge is 0.463 e. The molecule has 0 aliphatic carbocycles.